The van der Waals surface area contributed by atoms with Gasteiger partial charge in [-0.1, -0.05) is 11.6 Å². The van der Waals surface area contributed by atoms with Gasteiger partial charge in [0.1, 0.15) is 11.4 Å². The Labute approximate surface area is 147 Å². The van der Waals surface area contributed by atoms with E-state index >= 15 is 0 Å². The van der Waals surface area contributed by atoms with Crippen molar-refractivity contribution in [1.82, 2.24) is 5.32 Å². The number of nitrogens with one attached hydrogen (secondary N) is 1. The third-order valence-electron chi connectivity index (χ3n) is 3.35. The summed E-state index contributed by atoms with van der Waals surface area (Å²) < 4.78 is 10.4. The summed E-state index contributed by atoms with van der Waals surface area (Å²) in [6.07, 6.45) is -0.491. The zero-order valence-corrected chi connectivity index (χ0v) is 15.3. The standard InChI is InChI=1S/C17H24ClNO5/c1-10(19-16(22)24-17(2,3)4)13(15(20)21)9-11-8-12(18)6-7-14(11)23-5/h6-8,10,13H,9H2,1-5H3,(H,19,22)(H,20,21)/t10?,13-/m1/s1. The highest BCUT2D eigenvalue weighted by Gasteiger charge is 2.29. The number of hydrogen-bond acceptors (Lipinski definition) is 4. The molecule has 0 fully saturated rings. The highest BCUT2D eigenvalue weighted by atomic mass is 35.5. The number of methoxy groups -OCH3 is 1. The van der Waals surface area contributed by atoms with Crippen molar-refractivity contribution in [3.05, 3.63) is 28.8 Å². The fraction of sp³-hybridized carbons (Fsp3) is 0.529. The van der Waals surface area contributed by atoms with E-state index in [0.717, 1.165) is 0 Å². The Morgan fingerprint density at radius 2 is 1.96 bits per heavy atom. The molecule has 0 spiro atoms. The van der Waals surface area contributed by atoms with Crippen LogP contribution in [0.4, 0.5) is 4.79 Å². The zero-order valence-electron chi connectivity index (χ0n) is 14.6. The number of carboxylic acids is 1. The predicted octanol–water partition coefficient (Wildman–Crippen LogP) is 3.51. The van der Waals surface area contributed by atoms with Crippen molar-refractivity contribution in [2.45, 2.75) is 45.8 Å². The molecule has 0 radical (unpaired) electrons. The summed E-state index contributed by atoms with van der Waals surface area (Å²) in [7, 11) is 1.50. The first-order chi connectivity index (χ1) is 11.0. The molecule has 1 amide bonds. The molecule has 2 atom stereocenters. The molecule has 7 heteroatoms. The second kappa shape index (κ2) is 8.24. The number of aliphatic carboxylic acids is 1. The van der Waals surface area contributed by atoms with Crippen LogP contribution < -0.4 is 10.1 Å². The highest BCUT2D eigenvalue weighted by Crippen LogP contribution is 2.26. The Bertz CT molecular complexity index is 597. The summed E-state index contributed by atoms with van der Waals surface area (Å²) in [5, 5.41) is 12.6. The van der Waals surface area contributed by atoms with Crippen LogP contribution in [0.5, 0.6) is 5.75 Å². The lowest BCUT2D eigenvalue weighted by atomic mass is 9.92. The van der Waals surface area contributed by atoms with Gasteiger partial charge in [-0.25, -0.2) is 4.79 Å². The molecule has 1 rings (SSSR count). The first-order valence-electron chi connectivity index (χ1n) is 7.58. The SMILES string of the molecule is COc1ccc(Cl)cc1C[C@@H](C(=O)O)C(C)NC(=O)OC(C)(C)C. The average molecular weight is 358 g/mol. The lowest BCUT2D eigenvalue weighted by Crippen LogP contribution is -2.44. The largest absolute Gasteiger partial charge is 0.496 e. The van der Waals surface area contributed by atoms with E-state index in [1.54, 1.807) is 45.9 Å². The van der Waals surface area contributed by atoms with Crippen LogP contribution in [0.15, 0.2) is 18.2 Å². The molecule has 0 aromatic heterocycles. The van der Waals surface area contributed by atoms with Gasteiger partial charge in [-0.3, -0.25) is 4.79 Å². The maximum atomic E-state index is 11.9. The number of alkyl carbamates (subject to hydrolysis) is 1. The van der Waals surface area contributed by atoms with Crippen LogP contribution in [-0.2, 0) is 16.0 Å². The molecule has 6 nitrogen and oxygen atoms in total. The maximum Gasteiger partial charge on any atom is 0.407 e. The van der Waals surface area contributed by atoms with Crippen LogP contribution in [0, 0.1) is 5.92 Å². The van der Waals surface area contributed by atoms with Crippen LogP contribution in [0.3, 0.4) is 0 Å². The summed E-state index contributed by atoms with van der Waals surface area (Å²) >= 11 is 5.98. The molecule has 0 bridgehead atoms. The van der Waals surface area contributed by atoms with Crippen LogP contribution in [0.2, 0.25) is 5.02 Å². The van der Waals surface area contributed by atoms with E-state index in [0.29, 0.717) is 16.3 Å². The van der Waals surface area contributed by atoms with E-state index < -0.39 is 29.6 Å². The molecule has 0 saturated heterocycles. The van der Waals surface area contributed by atoms with Gasteiger partial charge in [0.05, 0.1) is 13.0 Å². The van der Waals surface area contributed by atoms with Gasteiger partial charge in [-0.05, 0) is 57.9 Å². The summed E-state index contributed by atoms with van der Waals surface area (Å²) in [6, 6.07) is 4.38. The molecule has 1 aromatic carbocycles. The van der Waals surface area contributed by atoms with Crippen molar-refractivity contribution < 1.29 is 24.2 Å². The number of halogens is 1. The van der Waals surface area contributed by atoms with Crippen molar-refractivity contribution in [2.24, 2.45) is 5.92 Å². The second-order valence-electron chi connectivity index (χ2n) is 6.54. The first-order valence-corrected chi connectivity index (χ1v) is 7.96. The van der Waals surface area contributed by atoms with Crippen molar-refractivity contribution in [3.63, 3.8) is 0 Å². The van der Waals surface area contributed by atoms with Crippen molar-refractivity contribution in [1.29, 1.82) is 0 Å². The first kappa shape index (κ1) is 20.1. The van der Waals surface area contributed by atoms with Gasteiger partial charge in [0, 0.05) is 11.1 Å². The number of rotatable bonds is 6. The molecule has 0 aliphatic heterocycles. The number of amides is 1. The van der Waals surface area contributed by atoms with Gasteiger partial charge in [0.15, 0.2) is 0 Å². The van der Waals surface area contributed by atoms with E-state index in [1.807, 2.05) is 0 Å². The van der Waals surface area contributed by atoms with Crippen LogP contribution in [0.25, 0.3) is 0 Å². The van der Waals surface area contributed by atoms with E-state index in [1.165, 1.54) is 7.11 Å². The molecule has 1 unspecified atom stereocenters. The highest BCUT2D eigenvalue weighted by molar-refractivity contribution is 6.30. The molecule has 0 saturated carbocycles. The molecule has 0 aliphatic carbocycles. The Kier molecular flexibility index (Phi) is 6.90. The topological polar surface area (TPSA) is 84.9 Å². The summed E-state index contributed by atoms with van der Waals surface area (Å²) in [4.78, 5) is 23.5. The third kappa shape index (κ3) is 6.28. The van der Waals surface area contributed by atoms with Crippen molar-refractivity contribution in [3.8, 4) is 5.75 Å². The Morgan fingerprint density at radius 1 is 1.33 bits per heavy atom. The van der Waals surface area contributed by atoms with Gasteiger partial charge in [-0.15, -0.1) is 0 Å². The van der Waals surface area contributed by atoms with Gasteiger partial charge in [0.25, 0.3) is 0 Å². The summed E-state index contributed by atoms with van der Waals surface area (Å²) in [6.45, 7) is 6.84. The molecule has 0 aliphatic rings. The second-order valence-corrected chi connectivity index (χ2v) is 6.98. The number of carbonyl (C=O) groups is 2. The fourth-order valence-corrected chi connectivity index (χ4v) is 2.41. The molecule has 134 valence electrons. The zero-order chi connectivity index (χ0) is 18.5. The summed E-state index contributed by atoms with van der Waals surface area (Å²) in [5.41, 5.74) is 0.00819. The van der Waals surface area contributed by atoms with Gasteiger partial charge in [-0.2, -0.15) is 0 Å². The average Bonchev–Trinajstić information content (AvgIpc) is 2.42. The molecule has 0 heterocycles. The quantitative estimate of drug-likeness (QED) is 0.813. The monoisotopic (exact) mass is 357 g/mol. The summed E-state index contributed by atoms with van der Waals surface area (Å²) in [5.74, 6) is -1.33. The maximum absolute atomic E-state index is 11.9. The number of carbonyl (C=O) groups excluding carboxylic acids is 1. The molecular formula is C17H24ClNO5. The van der Waals surface area contributed by atoms with Crippen molar-refractivity contribution in [2.75, 3.05) is 7.11 Å². The molecule has 2 N–H and O–H groups in total. The molecular weight excluding hydrogens is 334 g/mol. The Hall–Kier alpha value is -1.95. The third-order valence-corrected chi connectivity index (χ3v) is 3.58. The van der Waals surface area contributed by atoms with E-state index in [9.17, 15) is 14.7 Å². The minimum absolute atomic E-state index is 0.163. The van der Waals surface area contributed by atoms with Crippen molar-refractivity contribution >= 4 is 23.7 Å². The van der Waals surface area contributed by atoms with Crippen LogP contribution >= 0.6 is 11.6 Å². The van der Waals surface area contributed by atoms with E-state index in [-0.39, 0.29) is 6.42 Å². The number of benzene rings is 1. The van der Waals surface area contributed by atoms with E-state index in [4.69, 9.17) is 21.1 Å². The molecule has 1 aromatic rings. The fourth-order valence-electron chi connectivity index (χ4n) is 2.22. The van der Waals surface area contributed by atoms with Gasteiger partial charge < -0.3 is 19.9 Å². The predicted molar refractivity (Wildman–Crippen MR) is 91.7 cm³/mol. The Balaban J connectivity index is 2.89. The normalized spacial score (nSPS) is 13.8. The lowest BCUT2D eigenvalue weighted by molar-refractivity contribution is -0.142. The van der Waals surface area contributed by atoms with Crippen LogP contribution in [0.1, 0.15) is 33.3 Å². The number of carboxylic acid groups (broad SMARTS) is 1. The van der Waals surface area contributed by atoms with Crippen LogP contribution in [-0.4, -0.2) is 35.9 Å². The minimum atomic E-state index is -1.03. The number of hydrogen-bond donors (Lipinski definition) is 2. The minimum Gasteiger partial charge on any atom is -0.496 e. The van der Waals surface area contributed by atoms with Gasteiger partial charge in [0.2, 0.25) is 0 Å². The Morgan fingerprint density at radius 3 is 2.46 bits per heavy atom. The van der Waals surface area contributed by atoms with Gasteiger partial charge >= 0.3 is 12.1 Å². The molecule has 24 heavy (non-hydrogen) atoms. The number of ether oxygens (including phenoxy) is 2. The lowest BCUT2D eigenvalue weighted by Gasteiger charge is -2.25. The smallest absolute Gasteiger partial charge is 0.407 e. The van der Waals surface area contributed by atoms with E-state index in [2.05, 4.69) is 5.32 Å².